The van der Waals surface area contributed by atoms with Crippen molar-refractivity contribution in [2.45, 2.75) is 19.5 Å². The van der Waals surface area contributed by atoms with Crippen molar-refractivity contribution in [2.24, 2.45) is 0 Å². The fourth-order valence-corrected chi connectivity index (χ4v) is 4.51. The van der Waals surface area contributed by atoms with Gasteiger partial charge in [-0.15, -0.1) is 0 Å². The Morgan fingerprint density at radius 3 is 2.65 bits per heavy atom. The van der Waals surface area contributed by atoms with Crippen LogP contribution in [0.1, 0.15) is 38.3 Å². The molecule has 3 heterocycles. The zero-order chi connectivity index (χ0) is 27.9. The Balaban J connectivity index is 1.33. The normalized spacial score (nSPS) is 11.5. The van der Waals surface area contributed by atoms with Crippen LogP contribution in [-0.4, -0.2) is 29.9 Å². The molecule has 3 aromatic heterocycles. The number of carbonyl (C=O) groups excluding carboxylic acids is 1. The first-order valence-corrected chi connectivity index (χ1v) is 12.3. The van der Waals surface area contributed by atoms with E-state index in [0.29, 0.717) is 33.5 Å². The van der Waals surface area contributed by atoms with Crippen LogP contribution in [0.15, 0.2) is 91.5 Å². The summed E-state index contributed by atoms with van der Waals surface area (Å²) in [4.78, 5) is 21.8. The van der Waals surface area contributed by atoms with Crippen molar-refractivity contribution in [3.63, 3.8) is 0 Å². The predicted molar refractivity (Wildman–Crippen MR) is 144 cm³/mol. The highest BCUT2D eigenvalue weighted by atomic mass is 19.4. The third-order valence-electron chi connectivity index (χ3n) is 6.56. The Morgan fingerprint density at radius 1 is 0.950 bits per heavy atom. The maximum Gasteiger partial charge on any atom is 0.416 e. The third kappa shape index (κ3) is 4.83. The van der Waals surface area contributed by atoms with Crippen molar-refractivity contribution in [2.75, 3.05) is 0 Å². The second-order valence-corrected chi connectivity index (χ2v) is 9.31. The zero-order valence-electron chi connectivity index (χ0n) is 21.1. The van der Waals surface area contributed by atoms with Crippen LogP contribution < -0.4 is 0 Å². The Hall–Kier alpha value is -5.23. The standard InChI is InChI=1S/C31H20F3N5O/c1-20-8-9-23(16-22(20)10-11-25-18-35-30-7-4-12-37-39(25)30)29(40)15-21-13-24(31(32,33)34)17-26(14-21)38-19-36-27-5-2-3-6-28(27)38/h2-9,12-14,16-19H,15H2,1H3. The number of rotatable bonds is 4. The molecule has 40 heavy (non-hydrogen) atoms. The van der Waals surface area contributed by atoms with Gasteiger partial charge in [0.15, 0.2) is 11.4 Å². The summed E-state index contributed by atoms with van der Waals surface area (Å²) >= 11 is 0. The summed E-state index contributed by atoms with van der Waals surface area (Å²) < 4.78 is 44.7. The Bertz CT molecular complexity index is 1970. The minimum absolute atomic E-state index is 0.212. The molecule has 0 N–H and O–H groups in total. The minimum atomic E-state index is -4.58. The van der Waals surface area contributed by atoms with Crippen molar-refractivity contribution < 1.29 is 18.0 Å². The number of para-hydroxylation sites is 2. The first-order chi connectivity index (χ1) is 19.3. The van der Waals surface area contributed by atoms with Crippen molar-refractivity contribution in [3.05, 3.63) is 125 Å². The second-order valence-electron chi connectivity index (χ2n) is 9.31. The van der Waals surface area contributed by atoms with Crippen LogP contribution in [0.5, 0.6) is 0 Å². The summed E-state index contributed by atoms with van der Waals surface area (Å²) in [6.45, 7) is 1.87. The van der Waals surface area contributed by atoms with Crippen LogP contribution in [0.4, 0.5) is 13.2 Å². The van der Waals surface area contributed by atoms with Gasteiger partial charge in [0.05, 0.1) is 22.8 Å². The van der Waals surface area contributed by atoms with Crippen molar-refractivity contribution in [1.82, 2.24) is 24.1 Å². The van der Waals surface area contributed by atoms with E-state index in [1.54, 1.807) is 70.0 Å². The van der Waals surface area contributed by atoms with Gasteiger partial charge in [-0.1, -0.05) is 30.2 Å². The average molecular weight is 536 g/mol. The number of benzene rings is 3. The van der Waals surface area contributed by atoms with Gasteiger partial charge in [0.1, 0.15) is 12.0 Å². The van der Waals surface area contributed by atoms with E-state index in [2.05, 4.69) is 26.9 Å². The van der Waals surface area contributed by atoms with Gasteiger partial charge in [0.2, 0.25) is 0 Å². The van der Waals surface area contributed by atoms with E-state index in [4.69, 9.17) is 0 Å². The van der Waals surface area contributed by atoms with E-state index < -0.39 is 11.7 Å². The van der Waals surface area contributed by atoms with E-state index in [-0.39, 0.29) is 23.5 Å². The lowest BCUT2D eigenvalue weighted by Gasteiger charge is -2.13. The highest BCUT2D eigenvalue weighted by Crippen LogP contribution is 2.33. The van der Waals surface area contributed by atoms with E-state index in [1.807, 2.05) is 19.1 Å². The number of halogens is 3. The fourth-order valence-electron chi connectivity index (χ4n) is 4.51. The molecule has 6 rings (SSSR count). The number of Topliss-reactive ketones (excluding diaryl/α,β-unsaturated/α-hetero) is 1. The smallest absolute Gasteiger partial charge is 0.299 e. The van der Waals surface area contributed by atoms with Gasteiger partial charge < -0.3 is 0 Å². The van der Waals surface area contributed by atoms with Gasteiger partial charge >= 0.3 is 6.18 Å². The van der Waals surface area contributed by atoms with Crippen molar-refractivity contribution >= 4 is 22.5 Å². The number of hydrogen-bond donors (Lipinski definition) is 0. The van der Waals surface area contributed by atoms with Gasteiger partial charge in [-0.3, -0.25) is 9.36 Å². The van der Waals surface area contributed by atoms with Crippen molar-refractivity contribution in [1.29, 1.82) is 0 Å². The second kappa shape index (κ2) is 9.82. The summed E-state index contributed by atoms with van der Waals surface area (Å²) in [5, 5.41) is 4.25. The van der Waals surface area contributed by atoms with Gasteiger partial charge in [-0.2, -0.15) is 18.3 Å². The molecule has 0 saturated heterocycles. The molecule has 0 bridgehead atoms. The quantitative estimate of drug-likeness (QED) is 0.199. The van der Waals surface area contributed by atoms with Crippen LogP contribution in [0.3, 0.4) is 0 Å². The summed E-state index contributed by atoms with van der Waals surface area (Å²) in [7, 11) is 0. The topological polar surface area (TPSA) is 65.1 Å². The number of carbonyl (C=O) groups is 1. The van der Waals surface area contributed by atoms with E-state index in [1.165, 1.54) is 6.33 Å². The highest BCUT2D eigenvalue weighted by Gasteiger charge is 2.31. The molecule has 0 unspecified atom stereocenters. The molecule has 0 saturated carbocycles. The van der Waals surface area contributed by atoms with Crippen molar-refractivity contribution in [3.8, 4) is 17.5 Å². The SMILES string of the molecule is Cc1ccc(C(=O)Cc2cc(-n3cnc4ccccc43)cc(C(F)(F)F)c2)cc1C#Cc1cnc2cccnn12. The first kappa shape index (κ1) is 25.1. The third-order valence-corrected chi connectivity index (χ3v) is 6.56. The molecule has 0 aliphatic carbocycles. The van der Waals surface area contributed by atoms with Gasteiger partial charge in [-0.25, -0.2) is 14.5 Å². The number of aromatic nitrogens is 5. The lowest BCUT2D eigenvalue weighted by Crippen LogP contribution is -2.10. The lowest BCUT2D eigenvalue weighted by molar-refractivity contribution is -0.137. The fraction of sp³-hybridized carbons (Fsp3) is 0.0968. The first-order valence-electron chi connectivity index (χ1n) is 12.3. The Kier molecular flexibility index (Phi) is 6.15. The van der Waals surface area contributed by atoms with E-state index >= 15 is 0 Å². The Labute approximate surface area is 226 Å². The molecule has 6 aromatic rings. The zero-order valence-corrected chi connectivity index (χ0v) is 21.1. The summed E-state index contributed by atoms with van der Waals surface area (Å²) in [5.41, 5.74) is 4.13. The maximum absolute atomic E-state index is 13.8. The molecule has 6 nitrogen and oxygen atoms in total. The average Bonchev–Trinajstić information content (AvgIpc) is 3.56. The molecule has 0 amide bonds. The Morgan fingerprint density at radius 2 is 1.80 bits per heavy atom. The van der Waals surface area contributed by atoms with E-state index in [9.17, 15) is 18.0 Å². The van der Waals surface area contributed by atoms with Crippen LogP contribution in [0.25, 0.3) is 22.4 Å². The molecule has 0 spiro atoms. The summed E-state index contributed by atoms with van der Waals surface area (Å²) in [5.74, 6) is 5.80. The van der Waals surface area contributed by atoms with Gasteiger partial charge in [0.25, 0.3) is 0 Å². The molecule has 0 aliphatic rings. The minimum Gasteiger partial charge on any atom is -0.299 e. The number of hydrogen-bond acceptors (Lipinski definition) is 4. The van der Waals surface area contributed by atoms with Crippen LogP contribution in [-0.2, 0) is 12.6 Å². The molecular weight excluding hydrogens is 515 g/mol. The van der Waals surface area contributed by atoms with Crippen LogP contribution >= 0.6 is 0 Å². The highest BCUT2D eigenvalue weighted by molar-refractivity contribution is 5.98. The van der Waals surface area contributed by atoms with Gasteiger partial charge in [-0.05, 0) is 72.5 Å². The summed E-state index contributed by atoms with van der Waals surface area (Å²) in [6.07, 6.45) is -0.0522. The molecular formula is C31H20F3N5O. The molecule has 0 aliphatic heterocycles. The summed E-state index contributed by atoms with van der Waals surface area (Å²) in [6, 6.07) is 19.6. The molecule has 3 aromatic carbocycles. The van der Waals surface area contributed by atoms with Crippen LogP contribution in [0.2, 0.25) is 0 Å². The van der Waals surface area contributed by atoms with E-state index in [0.717, 1.165) is 17.7 Å². The monoisotopic (exact) mass is 535 g/mol. The number of aryl methyl sites for hydroxylation is 1. The number of nitrogens with zero attached hydrogens (tertiary/aromatic N) is 5. The molecule has 0 radical (unpaired) electrons. The maximum atomic E-state index is 13.8. The number of imidazole rings is 2. The molecule has 196 valence electrons. The predicted octanol–water partition coefficient (Wildman–Crippen LogP) is 6.22. The number of alkyl halides is 3. The number of fused-ring (bicyclic) bond motifs is 2. The molecule has 9 heteroatoms. The largest absolute Gasteiger partial charge is 0.416 e. The van der Waals surface area contributed by atoms with Crippen LogP contribution in [0, 0.1) is 18.8 Å². The molecule has 0 atom stereocenters. The number of ketones is 1. The van der Waals surface area contributed by atoms with Gasteiger partial charge in [0, 0.05) is 29.4 Å². The molecule has 0 fully saturated rings. The lowest BCUT2D eigenvalue weighted by atomic mass is 9.97.